The van der Waals surface area contributed by atoms with E-state index < -0.39 is 0 Å². The molecule has 0 aliphatic carbocycles. The quantitative estimate of drug-likeness (QED) is 0.508. The highest BCUT2D eigenvalue weighted by Gasteiger charge is 2.04. The van der Waals surface area contributed by atoms with Crippen LogP contribution in [0.25, 0.3) is 0 Å². The number of benzene rings is 3. The summed E-state index contributed by atoms with van der Waals surface area (Å²) in [4.78, 5) is 0.692. The van der Waals surface area contributed by atoms with Crippen molar-refractivity contribution in [2.45, 2.75) is 13.2 Å². The predicted octanol–water partition coefficient (Wildman–Crippen LogP) is 6.04. The van der Waals surface area contributed by atoms with Gasteiger partial charge < -0.3 is 10.1 Å². The van der Waals surface area contributed by atoms with E-state index in [-0.39, 0.29) is 0 Å². The molecule has 0 aliphatic heterocycles. The molecule has 132 valence electrons. The monoisotopic (exact) mass is 401 g/mol. The largest absolute Gasteiger partial charge is 0.489 e. The van der Waals surface area contributed by atoms with Crippen molar-refractivity contribution in [3.63, 3.8) is 0 Å². The predicted molar refractivity (Wildman–Crippen MR) is 112 cm³/mol. The molecule has 3 aromatic carbocycles. The minimum atomic E-state index is 0.429. The van der Waals surface area contributed by atoms with Crippen LogP contribution in [0.1, 0.15) is 16.7 Å². The first-order chi connectivity index (χ1) is 12.6. The van der Waals surface area contributed by atoms with Crippen LogP contribution >= 0.6 is 35.4 Å². The number of nitrogens with one attached hydrogen (secondary N) is 1. The Balaban J connectivity index is 1.54. The standard InChI is InChI=1S/C21H17Cl2NOS/c22-18-9-5-15(6-10-18)13-24-21(26)16-7-11-19(12-8-16)25-14-17-3-1-2-4-20(17)23/h1-12H,13-14H2,(H,24,26). The Morgan fingerprint density at radius 1 is 0.885 bits per heavy atom. The van der Waals surface area contributed by atoms with Crippen molar-refractivity contribution >= 4 is 40.4 Å². The number of hydrogen-bond donors (Lipinski definition) is 1. The molecule has 0 heterocycles. The van der Waals surface area contributed by atoms with Gasteiger partial charge in [0.15, 0.2) is 0 Å². The Labute approximate surface area is 168 Å². The Bertz CT molecular complexity index is 879. The van der Waals surface area contributed by atoms with Crippen molar-refractivity contribution in [3.05, 3.63) is 99.5 Å². The van der Waals surface area contributed by atoms with Crippen molar-refractivity contribution in [1.82, 2.24) is 5.32 Å². The lowest BCUT2D eigenvalue weighted by atomic mass is 10.2. The van der Waals surface area contributed by atoms with Gasteiger partial charge in [0.05, 0.1) is 0 Å². The summed E-state index contributed by atoms with van der Waals surface area (Å²) in [5.41, 5.74) is 3.02. The fourth-order valence-corrected chi connectivity index (χ4v) is 2.89. The smallest absolute Gasteiger partial charge is 0.119 e. The van der Waals surface area contributed by atoms with Gasteiger partial charge in [-0.2, -0.15) is 0 Å². The zero-order valence-corrected chi connectivity index (χ0v) is 16.2. The van der Waals surface area contributed by atoms with E-state index in [0.29, 0.717) is 23.2 Å². The Morgan fingerprint density at radius 3 is 2.27 bits per heavy atom. The zero-order valence-electron chi connectivity index (χ0n) is 13.9. The number of rotatable bonds is 6. The van der Waals surface area contributed by atoms with Crippen LogP contribution in [-0.2, 0) is 13.2 Å². The summed E-state index contributed by atoms with van der Waals surface area (Å²) >= 11 is 17.5. The Hall–Kier alpha value is -2.07. The lowest BCUT2D eigenvalue weighted by Crippen LogP contribution is -2.21. The maximum absolute atomic E-state index is 6.14. The van der Waals surface area contributed by atoms with Gasteiger partial charge in [0.25, 0.3) is 0 Å². The van der Waals surface area contributed by atoms with Crippen molar-refractivity contribution in [2.75, 3.05) is 0 Å². The molecule has 0 saturated heterocycles. The van der Waals surface area contributed by atoms with Gasteiger partial charge in [0.1, 0.15) is 17.3 Å². The van der Waals surface area contributed by atoms with E-state index in [1.165, 1.54) is 0 Å². The van der Waals surface area contributed by atoms with E-state index in [9.17, 15) is 0 Å². The van der Waals surface area contributed by atoms with E-state index in [1.807, 2.05) is 72.8 Å². The molecule has 0 aliphatic rings. The third-order valence-electron chi connectivity index (χ3n) is 3.84. The Morgan fingerprint density at radius 2 is 1.58 bits per heavy atom. The van der Waals surface area contributed by atoms with Gasteiger partial charge in [-0.15, -0.1) is 0 Å². The lowest BCUT2D eigenvalue weighted by Gasteiger charge is -2.10. The zero-order chi connectivity index (χ0) is 18.4. The second-order valence-electron chi connectivity index (χ2n) is 5.71. The highest BCUT2D eigenvalue weighted by molar-refractivity contribution is 7.80. The molecular formula is C21H17Cl2NOS. The van der Waals surface area contributed by atoms with Gasteiger partial charge in [-0.05, 0) is 48.0 Å². The molecule has 1 N–H and O–H groups in total. The minimum absolute atomic E-state index is 0.429. The van der Waals surface area contributed by atoms with Crippen LogP contribution in [0.2, 0.25) is 10.0 Å². The van der Waals surface area contributed by atoms with Gasteiger partial charge in [-0.25, -0.2) is 0 Å². The van der Waals surface area contributed by atoms with Crippen LogP contribution in [0.3, 0.4) is 0 Å². The van der Waals surface area contributed by atoms with E-state index in [0.717, 1.165) is 27.5 Å². The SMILES string of the molecule is S=C(NCc1ccc(Cl)cc1)c1ccc(OCc2ccccc2Cl)cc1. The molecule has 3 rings (SSSR count). The molecule has 3 aromatic rings. The molecule has 0 fully saturated rings. The van der Waals surface area contributed by atoms with Crippen LogP contribution in [0.4, 0.5) is 0 Å². The summed E-state index contributed by atoms with van der Waals surface area (Å²) in [6.45, 7) is 1.08. The molecule has 0 amide bonds. The maximum Gasteiger partial charge on any atom is 0.119 e. The molecule has 0 spiro atoms. The normalized spacial score (nSPS) is 10.4. The lowest BCUT2D eigenvalue weighted by molar-refractivity contribution is 0.306. The number of halogens is 2. The summed E-state index contributed by atoms with van der Waals surface area (Å²) in [5, 5.41) is 4.68. The van der Waals surface area contributed by atoms with Crippen LogP contribution in [-0.4, -0.2) is 4.99 Å². The fourth-order valence-electron chi connectivity index (χ4n) is 2.37. The molecule has 0 radical (unpaired) electrons. The van der Waals surface area contributed by atoms with E-state index in [4.69, 9.17) is 40.2 Å². The van der Waals surface area contributed by atoms with Gasteiger partial charge in [0, 0.05) is 27.7 Å². The van der Waals surface area contributed by atoms with Crippen molar-refractivity contribution in [3.8, 4) is 5.75 Å². The number of ether oxygens (including phenoxy) is 1. The van der Waals surface area contributed by atoms with Gasteiger partial charge in [-0.3, -0.25) is 0 Å². The fraction of sp³-hybridized carbons (Fsp3) is 0.0952. The highest BCUT2D eigenvalue weighted by Crippen LogP contribution is 2.19. The molecule has 2 nitrogen and oxygen atoms in total. The molecular weight excluding hydrogens is 385 g/mol. The molecule has 0 aromatic heterocycles. The van der Waals surface area contributed by atoms with Crippen molar-refractivity contribution in [2.24, 2.45) is 0 Å². The summed E-state index contributed by atoms with van der Waals surface area (Å²) in [7, 11) is 0. The van der Waals surface area contributed by atoms with Crippen molar-refractivity contribution < 1.29 is 4.74 Å². The average molecular weight is 402 g/mol. The van der Waals surface area contributed by atoms with E-state index >= 15 is 0 Å². The topological polar surface area (TPSA) is 21.3 Å². The van der Waals surface area contributed by atoms with Gasteiger partial charge in [0.2, 0.25) is 0 Å². The van der Waals surface area contributed by atoms with Crippen LogP contribution in [0.5, 0.6) is 5.75 Å². The second kappa shape index (κ2) is 9.04. The van der Waals surface area contributed by atoms with Crippen LogP contribution in [0, 0.1) is 0 Å². The van der Waals surface area contributed by atoms with E-state index in [2.05, 4.69) is 5.32 Å². The summed E-state index contributed by atoms with van der Waals surface area (Å²) in [6, 6.07) is 23.0. The number of thiocarbonyl (C=S) groups is 1. The van der Waals surface area contributed by atoms with Crippen LogP contribution in [0.15, 0.2) is 72.8 Å². The summed E-state index contributed by atoms with van der Waals surface area (Å²) < 4.78 is 5.79. The number of hydrogen-bond acceptors (Lipinski definition) is 2. The Kier molecular flexibility index (Phi) is 6.51. The third-order valence-corrected chi connectivity index (χ3v) is 4.84. The molecule has 5 heteroatoms. The van der Waals surface area contributed by atoms with Crippen molar-refractivity contribution in [1.29, 1.82) is 0 Å². The molecule has 26 heavy (non-hydrogen) atoms. The average Bonchev–Trinajstić information content (AvgIpc) is 2.67. The molecule has 0 unspecified atom stereocenters. The second-order valence-corrected chi connectivity index (χ2v) is 6.97. The molecule has 0 bridgehead atoms. The minimum Gasteiger partial charge on any atom is -0.489 e. The first-order valence-electron chi connectivity index (χ1n) is 8.11. The highest BCUT2D eigenvalue weighted by atomic mass is 35.5. The molecule has 0 atom stereocenters. The molecule has 0 saturated carbocycles. The summed E-state index contributed by atoms with van der Waals surface area (Å²) in [5.74, 6) is 0.772. The third kappa shape index (κ3) is 5.21. The van der Waals surface area contributed by atoms with Crippen LogP contribution < -0.4 is 10.1 Å². The van der Waals surface area contributed by atoms with Gasteiger partial charge in [-0.1, -0.05) is 65.8 Å². The first kappa shape index (κ1) is 18.7. The van der Waals surface area contributed by atoms with E-state index in [1.54, 1.807) is 0 Å². The summed E-state index contributed by atoms with van der Waals surface area (Å²) in [6.07, 6.45) is 0. The van der Waals surface area contributed by atoms with Gasteiger partial charge >= 0.3 is 0 Å². The maximum atomic E-state index is 6.14. The first-order valence-corrected chi connectivity index (χ1v) is 9.27.